The molecule has 0 spiro atoms. The maximum absolute atomic E-state index is 14.1. The number of carbonyl (C=O) groups excluding carboxylic acids is 1. The number of rotatable bonds is 5. The van der Waals surface area contributed by atoms with Gasteiger partial charge in [0, 0.05) is 21.0 Å². The van der Waals surface area contributed by atoms with Gasteiger partial charge in [-0.2, -0.15) is 0 Å². The Kier molecular flexibility index (Phi) is 5.84. The first kappa shape index (κ1) is 20.5. The molecule has 4 rings (SSSR count). The van der Waals surface area contributed by atoms with Gasteiger partial charge in [0.1, 0.15) is 11.6 Å². The highest BCUT2D eigenvalue weighted by Gasteiger charge is 2.16. The van der Waals surface area contributed by atoms with Crippen LogP contribution in [0.2, 0.25) is 5.02 Å². The second-order valence-electron chi connectivity index (χ2n) is 6.81. The van der Waals surface area contributed by atoms with Gasteiger partial charge in [0.05, 0.1) is 12.2 Å². The summed E-state index contributed by atoms with van der Waals surface area (Å²) >= 11 is 7.55. The number of benzene rings is 3. The molecule has 3 aromatic carbocycles. The van der Waals surface area contributed by atoms with Gasteiger partial charge in [0.2, 0.25) is 0 Å². The number of hydrogen-bond donors (Lipinski definition) is 0. The summed E-state index contributed by atoms with van der Waals surface area (Å²) in [6.45, 7) is 1.86. The molecule has 152 valence electrons. The minimum Gasteiger partial charge on any atom is -0.462 e. The molecule has 0 atom stereocenters. The third kappa shape index (κ3) is 4.23. The monoisotopic (exact) mass is 442 g/mol. The standard InChI is InChI=1S/C24H17ClF2O2S/c1-2-29-24(28)21-12-15(6-7-22(21)27)20-5-3-4-16-11-19(30-23(16)20)10-14-8-17(25)13-18(26)9-14/h3-9,11-13H,2,10H2,1H3. The molecule has 0 saturated carbocycles. The van der Waals surface area contributed by atoms with E-state index in [1.807, 2.05) is 18.2 Å². The Morgan fingerprint density at radius 2 is 1.90 bits per heavy atom. The lowest BCUT2D eigenvalue weighted by Crippen LogP contribution is -2.07. The summed E-state index contributed by atoms with van der Waals surface area (Å²) < 4.78 is 33.8. The molecule has 0 aliphatic rings. The van der Waals surface area contributed by atoms with Crippen molar-refractivity contribution in [1.82, 2.24) is 0 Å². The van der Waals surface area contributed by atoms with Crippen molar-refractivity contribution >= 4 is 39.0 Å². The largest absolute Gasteiger partial charge is 0.462 e. The first-order valence-electron chi connectivity index (χ1n) is 9.38. The smallest absolute Gasteiger partial charge is 0.341 e. The topological polar surface area (TPSA) is 26.3 Å². The summed E-state index contributed by atoms with van der Waals surface area (Å²) in [4.78, 5) is 13.1. The fraction of sp³-hybridized carbons (Fsp3) is 0.125. The number of halogens is 3. The van der Waals surface area contributed by atoms with Gasteiger partial charge < -0.3 is 4.74 Å². The van der Waals surface area contributed by atoms with E-state index in [1.165, 1.54) is 24.3 Å². The molecule has 0 unspecified atom stereocenters. The zero-order valence-corrected chi connectivity index (χ0v) is 17.6. The molecule has 0 saturated heterocycles. The number of carbonyl (C=O) groups is 1. The van der Waals surface area contributed by atoms with Gasteiger partial charge in [-0.05, 0) is 65.4 Å². The van der Waals surface area contributed by atoms with Gasteiger partial charge in [-0.25, -0.2) is 13.6 Å². The molecule has 0 aliphatic heterocycles. The molecule has 0 N–H and O–H groups in total. The van der Waals surface area contributed by atoms with Crippen LogP contribution in [-0.4, -0.2) is 12.6 Å². The summed E-state index contributed by atoms with van der Waals surface area (Å²) in [5.41, 5.74) is 2.33. The summed E-state index contributed by atoms with van der Waals surface area (Å²) in [6.07, 6.45) is 0.549. The molecule has 4 aromatic rings. The summed E-state index contributed by atoms with van der Waals surface area (Å²) in [5.74, 6) is -1.66. The second-order valence-corrected chi connectivity index (χ2v) is 8.38. The van der Waals surface area contributed by atoms with Crippen molar-refractivity contribution in [2.24, 2.45) is 0 Å². The first-order chi connectivity index (χ1) is 14.4. The highest BCUT2D eigenvalue weighted by atomic mass is 35.5. The van der Waals surface area contributed by atoms with E-state index in [1.54, 1.807) is 30.4 Å². The van der Waals surface area contributed by atoms with E-state index in [-0.39, 0.29) is 18.0 Å². The third-order valence-corrected chi connectivity index (χ3v) is 6.07. The Morgan fingerprint density at radius 1 is 1.07 bits per heavy atom. The van der Waals surface area contributed by atoms with Crippen LogP contribution in [0.15, 0.2) is 60.7 Å². The van der Waals surface area contributed by atoms with Crippen molar-refractivity contribution in [2.75, 3.05) is 6.61 Å². The summed E-state index contributed by atoms with van der Waals surface area (Å²) in [7, 11) is 0. The van der Waals surface area contributed by atoms with Crippen molar-refractivity contribution in [3.05, 3.63) is 93.3 Å². The zero-order chi connectivity index (χ0) is 21.3. The van der Waals surface area contributed by atoms with Crippen LogP contribution in [0.4, 0.5) is 8.78 Å². The minimum absolute atomic E-state index is 0.0856. The number of ether oxygens (including phenoxy) is 1. The van der Waals surface area contributed by atoms with Crippen molar-refractivity contribution < 1.29 is 18.3 Å². The Balaban J connectivity index is 1.74. The van der Waals surface area contributed by atoms with Crippen LogP contribution in [0, 0.1) is 11.6 Å². The Labute approximate surface area is 181 Å². The molecule has 0 bridgehead atoms. The summed E-state index contributed by atoms with van der Waals surface area (Å²) in [5, 5.41) is 1.39. The Bertz CT molecular complexity index is 1230. The molecular weight excluding hydrogens is 426 g/mol. The van der Waals surface area contributed by atoms with Crippen LogP contribution < -0.4 is 0 Å². The molecule has 2 nitrogen and oxygen atoms in total. The van der Waals surface area contributed by atoms with Crippen molar-refractivity contribution in [2.45, 2.75) is 13.3 Å². The molecule has 1 heterocycles. The zero-order valence-electron chi connectivity index (χ0n) is 16.0. The number of esters is 1. The van der Waals surface area contributed by atoms with Gasteiger partial charge >= 0.3 is 5.97 Å². The molecule has 0 fully saturated rings. The highest BCUT2D eigenvalue weighted by molar-refractivity contribution is 7.19. The van der Waals surface area contributed by atoms with Crippen LogP contribution in [0.5, 0.6) is 0 Å². The van der Waals surface area contributed by atoms with Crippen molar-refractivity contribution in [1.29, 1.82) is 0 Å². The van der Waals surface area contributed by atoms with Crippen molar-refractivity contribution in [3.8, 4) is 11.1 Å². The van der Waals surface area contributed by atoms with E-state index in [9.17, 15) is 13.6 Å². The molecule has 1 aromatic heterocycles. The van der Waals surface area contributed by atoms with Crippen LogP contribution in [-0.2, 0) is 11.2 Å². The minimum atomic E-state index is -0.682. The fourth-order valence-electron chi connectivity index (χ4n) is 3.40. The van der Waals surface area contributed by atoms with Gasteiger partial charge in [0.15, 0.2) is 0 Å². The Morgan fingerprint density at radius 3 is 2.67 bits per heavy atom. The van der Waals surface area contributed by atoms with Crippen LogP contribution in [0.25, 0.3) is 21.2 Å². The van der Waals surface area contributed by atoms with Gasteiger partial charge in [-0.3, -0.25) is 0 Å². The lowest BCUT2D eigenvalue weighted by molar-refractivity contribution is 0.0521. The van der Waals surface area contributed by atoms with Crippen LogP contribution >= 0.6 is 22.9 Å². The van der Waals surface area contributed by atoms with E-state index in [4.69, 9.17) is 16.3 Å². The van der Waals surface area contributed by atoms with Gasteiger partial charge in [-0.1, -0.05) is 35.9 Å². The average molecular weight is 443 g/mol. The number of fused-ring (bicyclic) bond motifs is 1. The first-order valence-corrected chi connectivity index (χ1v) is 10.6. The molecule has 30 heavy (non-hydrogen) atoms. The van der Waals surface area contributed by atoms with E-state index in [0.29, 0.717) is 11.4 Å². The quantitative estimate of drug-likeness (QED) is 0.304. The van der Waals surface area contributed by atoms with E-state index in [2.05, 4.69) is 6.07 Å². The SMILES string of the molecule is CCOC(=O)c1cc(-c2cccc3cc(Cc4cc(F)cc(Cl)c4)sc23)ccc1F. The number of hydrogen-bond acceptors (Lipinski definition) is 3. The lowest BCUT2D eigenvalue weighted by Gasteiger charge is -2.08. The fourth-order valence-corrected chi connectivity index (χ4v) is 4.88. The van der Waals surface area contributed by atoms with Crippen LogP contribution in [0.3, 0.4) is 0 Å². The van der Waals surface area contributed by atoms with Crippen LogP contribution in [0.1, 0.15) is 27.7 Å². The molecular formula is C24H17ClF2O2S. The highest BCUT2D eigenvalue weighted by Crippen LogP contribution is 2.36. The second kappa shape index (κ2) is 8.54. The van der Waals surface area contributed by atoms with Gasteiger partial charge in [0.25, 0.3) is 0 Å². The van der Waals surface area contributed by atoms with E-state index < -0.39 is 11.8 Å². The molecule has 0 radical (unpaired) electrons. The van der Waals surface area contributed by atoms with Gasteiger partial charge in [-0.15, -0.1) is 11.3 Å². The molecule has 0 amide bonds. The molecule has 6 heteroatoms. The Hall–Kier alpha value is -2.76. The maximum atomic E-state index is 14.1. The maximum Gasteiger partial charge on any atom is 0.341 e. The van der Waals surface area contributed by atoms with E-state index in [0.717, 1.165) is 31.7 Å². The van der Waals surface area contributed by atoms with E-state index >= 15 is 0 Å². The normalized spacial score (nSPS) is 11.1. The van der Waals surface area contributed by atoms with Crippen molar-refractivity contribution in [3.63, 3.8) is 0 Å². The summed E-state index contributed by atoms with van der Waals surface area (Å²) in [6, 6.07) is 16.9. The average Bonchev–Trinajstić information content (AvgIpc) is 3.10. The lowest BCUT2D eigenvalue weighted by atomic mass is 10.0. The molecule has 0 aliphatic carbocycles. The third-order valence-electron chi connectivity index (χ3n) is 4.67. The number of thiophene rings is 1. The predicted octanol–water partition coefficient (Wildman–Crippen LogP) is 7.27. The predicted molar refractivity (Wildman–Crippen MR) is 117 cm³/mol.